The number of rotatable bonds is 5. The summed E-state index contributed by atoms with van der Waals surface area (Å²) >= 11 is 0. The molecule has 0 N–H and O–H groups in total. The monoisotopic (exact) mass is 309 g/mol. The van der Waals surface area contributed by atoms with Crippen LogP contribution in [0, 0.1) is 6.92 Å². The molecule has 3 rings (SSSR count). The van der Waals surface area contributed by atoms with E-state index >= 15 is 0 Å². The van der Waals surface area contributed by atoms with Gasteiger partial charge in [-0.25, -0.2) is 0 Å². The van der Waals surface area contributed by atoms with Crippen LogP contribution in [-0.2, 0) is 6.54 Å². The third kappa shape index (κ3) is 4.40. The van der Waals surface area contributed by atoms with Crippen LogP contribution < -0.4 is 0 Å². The van der Waals surface area contributed by atoms with Crippen LogP contribution in [-0.4, -0.2) is 47.5 Å². The van der Waals surface area contributed by atoms with Crippen LogP contribution in [0.25, 0.3) is 0 Å². The maximum Gasteiger partial charge on any atom is 0.0573 e. The summed E-state index contributed by atoms with van der Waals surface area (Å²) in [4.78, 5) is 9.65. The van der Waals surface area contributed by atoms with Gasteiger partial charge in [0.25, 0.3) is 0 Å². The molecular formula is C20H27N3. The molecule has 122 valence electrons. The van der Waals surface area contributed by atoms with Gasteiger partial charge in [0.05, 0.1) is 5.69 Å². The van der Waals surface area contributed by atoms with E-state index in [-0.39, 0.29) is 0 Å². The fourth-order valence-corrected chi connectivity index (χ4v) is 3.30. The first-order valence-corrected chi connectivity index (χ1v) is 8.62. The van der Waals surface area contributed by atoms with Crippen molar-refractivity contribution in [3.63, 3.8) is 0 Å². The molecule has 0 unspecified atom stereocenters. The minimum Gasteiger partial charge on any atom is -0.300 e. The van der Waals surface area contributed by atoms with E-state index in [2.05, 4.69) is 65.0 Å². The standard InChI is InChI=1S/C20H27N3/c1-17-7-6-10-21-20(17)16-23-13-11-22(12-14-23)15-18(2)19-8-4-3-5-9-19/h3-10,18H,11-16H2,1-2H3/t18-/m1/s1. The van der Waals surface area contributed by atoms with Gasteiger partial charge in [-0.05, 0) is 30.0 Å². The zero-order valence-electron chi connectivity index (χ0n) is 14.3. The van der Waals surface area contributed by atoms with Gasteiger partial charge in [0, 0.05) is 45.5 Å². The third-order valence-electron chi connectivity index (χ3n) is 4.86. The van der Waals surface area contributed by atoms with Gasteiger partial charge in [0.1, 0.15) is 0 Å². The summed E-state index contributed by atoms with van der Waals surface area (Å²) in [6.07, 6.45) is 1.90. The Morgan fingerprint density at radius 1 is 0.957 bits per heavy atom. The maximum absolute atomic E-state index is 4.52. The Hall–Kier alpha value is -1.71. The molecule has 23 heavy (non-hydrogen) atoms. The Morgan fingerprint density at radius 3 is 2.35 bits per heavy atom. The van der Waals surface area contributed by atoms with Crippen LogP contribution >= 0.6 is 0 Å². The lowest BCUT2D eigenvalue weighted by atomic mass is 10.0. The van der Waals surface area contributed by atoms with Crippen LogP contribution in [0.15, 0.2) is 48.7 Å². The molecule has 3 nitrogen and oxygen atoms in total. The number of hydrogen-bond donors (Lipinski definition) is 0. The first kappa shape index (κ1) is 16.2. The molecule has 1 aliphatic heterocycles. The quantitative estimate of drug-likeness (QED) is 0.845. The Labute approximate surface area is 140 Å². The highest BCUT2D eigenvalue weighted by Crippen LogP contribution is 2.17. The summed E-state index contributed by atoms with van der Waals surface area (Å²) in [6.45, 7) is 11.2. The van der Waals surface area contributed by atoms with Gasteiger partial charge in [-0.15, -0.1) is 0 Å². The Bertz CT molecular complexity index is 603. The summed E-state index contributed by atoms with van der Waals surface area (Å²) in [7, 11) is 0. The molecule has 3 heteroatoms. The highest BCUT2D eigenvalue weighted by atomic mass is 15.3. The summed E-state index contributed by atoms with van der Waals surface area (Å²) in [5, 5.41) is 0. The first-order chi connectivity index (χ1) is 11.2. The van der Waals surface area contributed by atoms with Crippen molar-refractivity contribution in [2.45, 2.75) is 26.3 Å². The molecule has 1 aromatic carbocycles. The van der Waals surface area contributed by atoms with Crippen molar-refractivity contribution in [1.82, 2.24) is 14.8 Å². The van der Waals surface area contributed by atoms with Crippen molar-refractivity contribution in [1.29, 1.82) is 0 Å². The molecule has 2 heterocycles. The molecule has 1 saturated heterocycles. The largest absolute Gasteiger partial charge is 0.300 e. The second-order valence-corrected chi connectivity index (χ2v) is 6.66. The summed E-state index contributed by atoms with van der Waals surface area (Å²) in [6, 6.07) is 15.0. The lowest BCUT2D eigenvalue weighted by Crippen LogP contribution is -2.47. The maximum atomic E-state index is 4.52. The highest BCUT2D eigenvalue weighted by Gasteiger charge is 2.19. The predicted molar refractivity (Wildman–Crippen MR) is 95.5 cm³/mol. The van der Waals surface area contributed by atoms with Gasteiger partial charge in [-0.3, -0.25) is 9.88 Å². The third-order valence-corrected chi connectivity index (χ3v) is 4.86. The van der Waals surface area contributed by atoms with E-state index in [4.69, 9.17) is 0 Å². The smallest absolute Gasteiger partial charge is 0.0573 e. The Morgan fingerprint density at radius 2 is 1.65 bits per heavy atom. The van der Waals surface area contributed by atoms with Crippen molar-refractivity contribution in [2.75, 3.05) is 32.7 Å². The number of aromatic nitrogens is 1. The zero-order chi connectivity index (χ0) is 16.1. The molecule has 0 radical (unpaired) electrons. The van der Waals surface area contributed by atoms with Crippen molar-refractivity contribution < 1.29 is 0 Å². The molecule has 1 aromatic heterocycles. The average Bonchev–Trinajstić information content (AvgIpc) is 2.59. The lowest BCUT2D eigenvalue weighted by molar-refractivity contribution is 0.122. The zero-order valence-corrected chi connectivity index (χ0v) is 14.3. The van der Waals surface area contributed by atoms with Crippen molar-refractivity contribution in [3.05, 3.63) is 65.5 Å². The van der Waals surface area contributed by atoms with Gasteiger partial charge >= 0.3 is 0 Å². The number of hydrogen-bond acceptors (Lipinski definition) is 3. The van der Waals surface area contributed by atoms with Gasteiger partial charge in [-0.2, -0.15) is 0 Å². The minimum absolute atomic E-state index is 0.598. The average molecular weight is 309 g/mol. The van der Waals surface area contributed by atoms with Gasteiger partial charge in [0.2, 0.25) is 0 Å². The summed E-state index contributed by atoms with van der Waals surface area (Å²) < 4.78 is 0. The fraction of sp³-hybridized carbons (Fsp3) is 0.450. The molecule has 1 fully saturated rings. The second kappa shape index (κ2) is 7.71. The Balaban J connectivity index is 1.48. The van der Waals surface area contributed by atoms with Crippen LogP contribution in [0.1, 0.15) is 29.7 Å². The van der Waals surface area contributed by atoms with E-state index in [1.54, 1.807) is 0 Å². The fourth-order valence-electron chi connectivity index (χ4n) is 3.30. The molecule has 1 aliphatic rings. The minimum atomic E-state index is 0.598. The molecule has 2 aromatic rings. The number of aryl methyl sites for hydroxylation is 1. The topological polar surface area (TPSA) is 19.4 Å². The SMILES string of the molecule is Cc1cccnc1CN1CCN(C[C@@H](C)c2ccccc2)CC1. The lowest BCUT2D eigenvalue weighted by Gasteiger charge is -2.36. The van der Waals surface area contributed by atoms with E-state index in [0.717, 1.165) is 39.3 Å². The number of pyridine rings is 1. The molecule has 1 atom stereocenters. The number of nitrogens with zero attached hydrogens (tertiary/aromatic N) is 3. The van der Waals surface area contributed by atoms with E-state index in [0.29, 0.717) is 5.92 Å². The van der Waals surface area contributed by atoms with Crippen LogP contribution in [0.3, 0.4) is 0 Å². The summed E-state index contributed by atoms with van der Waals surface area (Å²) in [5.41, 5.74) is 3.96. The van der Waals surface area contributed by atoms with E-state index in [1.165, 1.54) is 16.8 Å². The van der Waals surface area contributed by atoms with Crippen molar-refractivity contribution in [3.8, 4) is 0 Å². The normalized spacial score (nSPS) is 18.0. The van der Waals surface area contributed by atoms with Gasteiger partial charge < -0.3 is 4.90 Å². The van der Waals surface area contributed by atoms with Crippen molar-refractivity contribution in [2.24, 2.45) is 0 Å². The van der Waals surface area contributed by atoms with Gasteiger partial charge in [-0.1, -0.05) is 43.3 Å². The van der Waals surface area contributed by atoms with E-state index in [9.17, 15) is 0 Å². The van der Waals surface area contributed by atoms with E-state index < -0.39 is 0 Å². The number of piperazine rings is 1. The predicted octanol–water partition coefficient (Wildman–Crippen LogP) is 3.31. The molecule has 0 amide bonds. The Kier molecular flexibility index (Phi) is 5.42. The van der Waals surface area contributed by atoms with Crippen LogP contribution in [0.2, 0.25) is 0 Å². The van der Waals surface area contributed by atoms with Crippen LogP contribution in [0.4, 0.5) is 0 Å². The highest BCUT2D eigenvalue weighted by molar-refractivity contribution is 5.19. The molecule has 0 aliphatic carbocycles. The first-order valence-electron chi connectivity index (χ1n) is 8.62. The summed E-state index contributed by atoms with van der Waals surface area (Å²) in [5.74, 6) is 0.598. The van der Waals surface area contributed by atoms with E-state index in [1.807, 2.05) is 12.3 Å². The van der Waals surface area contributed by atoms with Gasteiger partial charge in [0.15, 0.2) is 0 Å². The van der Waals surface area contributed by atoms with Crippen molar-refractivity contribution >= 4 is 0 Å². The number of benzene rings is 1. The molecule has 0 bridgehead atoms. The molecule has 0 saturated carbocycles. The molecular weight excluding hydrogens is 282 g/mol. The second-order valence-electron chi connectivity index (χ2n) is 6.66. The van der Waals surface area contributed by atoms with Crippen LogP contribution in [0.5, 0.6) is 0 Å². The molecule has 0 spiro atoms.